The van der Waals surface area contributed by atoms with E-state index in [1.54, 1.807) is 7.11 Å². The van der Waals surface area contributed by atoms with Gasteiger partial charge in [-0.1, -0.05) is 19.9 Å². The van der Waals surface area contributed by atoms with Crippen molar-refractivity contribution in [1.29, 1.82) is 0 Å². The number of carboxylic acids is 1. The summed E-state index contributed by atoms with van der Waals surface area (Å²) in [6.07, 6.45) is 0.133. The molecule has 1 rings (SSSR count). The maximum absolute atomic E-state index is 10.8. The molecule has 0 heterocycles. The number of carbonyl (C=O) groups is 1. The van der Waals surface area contributed by atoms with Gasteiger partial charge in [0, 0.05) is 6.54 Å². The van der Waals surface area contributed by atoms with Crippen molar-refractivity contribution in [2.24, 2.45) is 5.41 Å². The van der Waals surface area contributed by atoms with Crippen LogP contribution in [0.2, 0.25) is 0 Å². The second kappa shape index (κ2) is 5.76. The van der Waals surface area contributed by atoms with Crippen LogP contribution in [0.4, 0.5) is 5.69 Å². The Kier molecular flexibility index (Phi) is 4.59. The zero-order chi connectivity index (χ0) is 13.8. The Morgan fingerprint density at radius 1 is 1.44 bits per heavy atom. The Labute approximate surface area is 108 Å². The van der Waals surface area contributed by atoms with Crippen LogP contribution in [0, 0.1) is 12.3 Å². The van der Waals surface area contributed by atoms with Gasteiger partial charge in [-0.25, -0.2) is 0 Å². The van der Waals surface area contributed by atoms with Crippen LogP contribution < -0.4 is 10.1 Å². The first-order chi connectivity index (χ1) is 8.34. The van der Waals surface area contributed by atoms with Crippen LogP contribution in [0.15, 0.2) is 18.2 Å². The van der Waals surface area contributed by atoms with Crippen LogP contribution >= 0.6 is 0 Å². The van der Waals surface area contributed by atoms with Crippen molar-refractivity contribution in [2.45, 2.75) is 27.2 Å². The summed E-state index contributed by atoms with van der Waals surface area (Å²) in [6.45, 7) is 6.44. The third-order valence-corrected chi connectivity index (χ3v) is 2.74. The van der Waals surface area contributed by atoms with Gasteiger partial charge in [-0.15, -0.1) is 0 Å². The number of aryl methyl sites for hydroxylation is 1. The molecule has 0 spiro atoms. The zero-order valence-electron chi connectivity index (χ0n) is 11.4. The van der Waals surface area contributed by atoms with Crippen molar-refractivity contribution >= 4 is 11.7 Å². The summed E-state index contributed by atoms with van der Waals surface area (Å²) in [5.74, 6) is -0.00951. The molecule has 0 saturated carbocycles. The van der Waals surface area contributed by atoms with E-state index in [2.05, 4.69) is 5.32 Å². The van der Waals surface area contributed by atoms with E-state index in [9.17, 15) is 4.79 Å². The molecule has 0 radical (unpaired) electrons. The van der Waals surface area contributed by atoms with Gasteiger partial charge in [-0.2, -0.15) is 0 Å². The largest absolute Gasteiger partial charge is 0.495 e. The minimum Gasteiger partial charge on any atom is -0.495 e. The molecule has 2 N–H and O–H groups in total. The van der Waals surface area contributed by atoms with E-state index in [1.165, 1.54) is 0 Å². The SMILES string of the molecule is COc1ccc(C)cc1NCC(C)(C)CC(=O)O. The highest BCUT2D eigenvalue weighted by atomic mass is 16.5. The van der Waals surface area contributed by atoms with Gasteiger partial charge in [0.25, 0.3) is 0 Å². The number of nitrogens with one attached hydrogen (secondary N) is 1. The van der Waals surface area contributed by atoms with Gasteiger partial charge in [0.2, 0.25) is 0 Å². The van der Waals surface area contributed by atoms with Gasteiger partial charge in [-0.05, 0) is 30.0 Å². The molecular weight excluding hydrogens is 230 g/mol. The summed E-state index contributed by atoms with van der Waals surface area (Å²) in [7, 11) is 1.62. The van der Waals surface area contributed by atoms with Gasteiger partial charge < -0.3 is 15.2 Å². The lowest BCUT2D eigenvalue weighted by Gasteiger charge is -2.24. The first-order valence-corrected chi connectivity index (χ1v) is 5.94. The van der Waals surface area contributed by atoms with Crippen molar-refractivity contribution in [2.75, 3.05) is 19.0 Å². The maximum atomic E-state index is 10.8. The molecule has 0 saturated heterocycles. The third-order valence-electron chi connectivity index (χ3n) is 2.74. The lowest BCUT2D eigenvalue weighted by atomic mass is 9.89. The summed E-state index contributed by atoms with van der Waals surface area (Å²) < 4.78 is 5.27. The Balaban J connectivity index is 2.73. The van der Waals surface area contributed by atoms with Gasteiger partial charge in [0.15, 0.2) is 0 Å². The molecule has 4 nitrogen and oxygen atoms in total. The zero-order valence-corrected chi connectivity index (χ0v) is 11.4. The fourth-order valence-electron chi connectivity index (χ4n) is 1.77. The molecule has 0 aromatic heterocycles. The minimum absolute atomic E-state index is 0.133. The van der Waals surface area contributed by atoms with Crippen LogP contribution in [-0.4, -0.2) is 24.7 Å². The maximum Gasteiger partial charge on any atom is 0.303 e. The lowest BCUT2D eigenvalue weighted by molar-refractivity contribution is -0.139. The summed E-state index contributed by atoms with van der Waals surface area (Å²) >= 11 is 0. The number of carboxylic acid groups (broad SMARTS) is 1. The molecule has 4 heteroatoms. The van der Waals surface area contributed by atoms with Crippen LogP contribution in [0.25, 0.3) is 0 Å². The van der Waals surface area contributed by atoms with Crippen molar-refractivity contribution in [3.63, 3.8) is 0 Å². The van der Waals surface area contributed by atoms with E-state index in [-0.39, 0.29) is 11.8 Å². The molecule has 0 bridgehead atoms. The fraction of sp³-hybridized carbons (Fsp3) is 0.500. The van der Waals surface area contributed by atoms with Crippen LogP contribution in [0.1, 0.15) is 25.8 Å². The molecule has 0 aliphatic rings. The van der Waals surface area contributed by atoms with E-state index < -0.39 is 5.97 Å². The number of rotatable bonds is 6. The minimum atomic E-state index is -0.780. The monoisotopic (exact) mass is 251 g/mol. The molecule has 0 fully saturated rings. The number of anilines is 1. The van der Waals surface area contributed by atoms with Crippen molar-refractivity contribution < 1.29 is 14.6 Å². The topological polar surface area (TPSA) is 58.6 Å². The molecule has 0 unspecified atom stereocenters. The van der Waals surface area contributed by atoms with Crippen molar-refractivity contribution in [3.05, 3.63) is 23.8 Å². The normalized spacial score (nSPS) is 11.1. The second-order valence-electron chi connectivity index (χ2n) is 5.29. The van der Waals surface area contributed by atoms with E-state index in [0.29, 0.717) is 6.54 Å². The van der Waals surface area contributed by atoms with Crippen LogP contribution in [0.5, 0.6) is 5.75 Å². The van der Waals surface area contributed by atoms with E-state index in [0.717, 1.165) is 17.0 Å². The fourth-order valence-corrected chi connectivity index (χ4v) is 1.77. The molecule has 0 amide bonds. The molecule has 1 aromatic rings. The Morgan fingerprint density at radius 3 is 2.67 bits per heavy atom. The smallest absolute Gasteiger partial charge is 0.303 e. The van der Waals surface area contributed by atoms with Crippen LogP contribution in [0.3, 0.4) is 0 Å². The Hall–Kier alpha value is -1.71. The number of aliphatic carboxylic acids is 1. The summed E-state index contributed by atoms with van der Waals surface area (Å²) in [5, 5.41) is 12.1. The third kappa shape index (κ3) is 4.28. The molecule has 100 valence electrons. The average molecular weight is 251 g/mol. The number of methoxy groups -OCH3 is 1. The van der Waals surface area contributed by atoms with E-state index in [4.69, 9.17) is 9.84 Å². The summed E-state index contributed by atoms with van der Waals surface area (Å²) in [6, 6.07) is 5.88. The molecule has 18 heavy (non-hydrogen) atoms. The number of hydrogen-bond acceptors (Lipinski definition) is 3. The molecule has 0 atom stereocenters. The van der Waals surface area contributed by atoms with Gasteiger partial charge in [0.1, 0.15) is 5.75 Å². The molecule has 1 aromatic carbocycles. The molecule has 0 aliphatic carbocycles. The summed E-state index contributed by atoms with van der Waals surface area (Å²) in [5.41, 5.74) is 1.73. The van der Waals surface area contributed by atoms with Gasteiger partial charge >= 0.3 is 5.97 Å². The van der Waals surface area contributed by atoms with Gasteiger partial charge in [-0.3, -0.25) is 4.79 Å². The highest BCUT2D eigenvalue weighted by molar-refractivity contribution is 5.67. The van der Waals surface area contributed by atoms with Crippen molar-refractivity contribution in [3.8, 4) is 5.75 Å². The average Bonchev–Trinajstić information content (AvgIpc) is 2.25. The van der Waals surface area contributed by atoms with Gasteiger partial charge in [0.05, 0.1) is 19.2 Å². The first kappa shape index (κ1) is 14.4. The predicted molar refractivity (Wildman–Crippen MR) is 72.3 cm³/mol. The van der Waals surface area contributed by atoms with E-state index >= 15 is 0 Å². The highest BCUT2D eigenvalue weighted by Crippen LogP contribution is 2.28. The molecule has 0 aliphatic heterocycles. The van der Waals surface area contributed by atoms with Crippen LogP contribution in [-0.2, 0) is 4.79 Å². The predicted octanol–water partition coefficient (Wildman–Crippen LogP) is 2.92. The Bertz CT molecular complexity index is 427. The number of benzene rings is 1. The summed E-state index contributed by atoms with van der Waals surface area (Å²) in [4.78, 5) is 10.8. The first-order valence-electron chi connectivity index (χ1n) is 5.94. The standard InChI is InChI=1S/C14H21NO3/c1-10-5-6-12(18-4)11(7-10)15-9-14(2,3)8-13(16)17/h5-7,15H,8-9H2,1-4H3,(H,16,17). The Morgan fingerprint density at radius 2 is 2.11 bits per heavy atom. The quantitative estimate of drug-likeness (QED) is 0.816. The second-order valence-corrected chi connectivity index (χ2v) is 5.29. The van der Waals surface area contributed by atoms with Crippen molar-refractivity contribution in [1.82, 2.24) is 0 Å². The highest BCUT2D eigenvalue weighted by Gasteiger charge is 2.21. The van der Waals surface area contributed by atoms with E-state index in [1.807, 2.05) is 39.0 Å². The molecular formula is C14H21NO3. The number of hydrogen-bond donors (Lipinski definition) is 2. The number of ether oxygens (including phenoxy) is 1. The lowest BCUT2D eigenvalue weighted by Crippen LogP contribution is -2.26.